The number of aromatic hydroxyl groups is 1. The summed E-state index contributed by atoms with van der Waals surface area (Å²) in [6, 6.07) is 16.2. The van der Waals surface area contributed by atoms with Crippen molar-refractivity contribution in [3.05, 3.63) is 89.0 Å². The zero-order valence-corrected chi connectivity index (χ0v) is 15.2. The Labute approximate surface area is 164 Å². The van der Waals surface area contributed by atoms with Gasteiger partial charge in [-0.15, -0.1) is 0 Å². The van der Waals surface area contributed by atoms with Crippen molar-refractivity contribution in [2.75, 3.05) is 12.4 Å². The maximum absolute atomic E-state index is 13.6. The Balaban J connectivity index is 2.05. The van der Waals surface area contributed by atoms with Gasteiger partial charge in [-0.3, -0.25) is 4.79 Å². The fraction of sp³-hybridized carbons (Fsp3) is 0.136. The maximum Gasteiger partial charge on any atom is 0.418 e. The molecule has 0 saturated heterocycles. The molecule has 4 nitrogen and oxygen atoms in total. The highest BCUT2D eigenvalue weighted by molar-refractivity contribution is 6.12. The first-order valence-corrected chi connectivity index (χ1v) is 8.74. The lowest BCUT2D eigenvalue weighted by atomic mass is 9.70. The van der Waals surface area contributed by atoms with E-state index in [2.05, 4.69) is 5.32 Å². The monoisotopic (exact) mass is 399 g/mol. The van der Waals surface area contributed by atoms with Gasteiger partial charge in [-0.05, 0) is 41.5 Å². The number of ether oxygens (including phenoxy) is 1. The summed E-state index contributed by atoms with van der Waals surface area (Å²) in [5.41, 5.74) is -1.54. The van der Waals surface area contributed by atoms with Crippen LogP contribution in [0.1, 0.15) is 22.3 Å². The molecular formula is C22H16F3NO3. The number of fused-ring (bicyclic) bond motifs is 1. The first kappa shape index (κ1) is 18.9. The molecule has 29 heavy (non-hydrogen) atoms. The quantitative estimate of drug-likeness (QED) is 0.671. The molecule has 2 N–H and O–H groups in total. The zero-order chi connectivity index (χ0) is 20.8. The van der Waals surface area contributed by atoms with Gasteiger partial charge in [0, 0.05) is 5.56 Å². The Hall–Kier alpha value is -3.48. The number of phenolic OH excluding ortho intramolecular Hbond substituents is 1. The largest absolute Gasteiger partial charge is 0.508 e. The minimum atomic E-state index is -4.62. The molecule has 0 aliphatic carbocycles. The van der Waals surface area contributed by atoms with Crippen LogP contribution in [0.5, 0.6) is 11.5 Å². The number of phenols is 1. The van der Waals surface area contributed by atoms with Crippen LogP contribution in [0.4, 0.5) is 18.9 Å². The van der Waals surface area contributed by atoms with Gasteiger partial charge in [-0.2, -0.15) is 13.2 Å². The Morgan fingerprint density at radius 2 is 1.52 bits per heavy atom. The van der Waals surface area contributed by atoms with Crippen LogP contribution in [0.2, 0.25) is 0 Å². The Bertz CT molecular complexity index is 1080. The molecule has 0 radical (unpaired) electrons. The molecule has 1 atom stereocenters. The van der Waals surface area contributed by atoms with Crippen molar-refractivity contribution in [2.45, 2.75) is 11.6 Å². The fourth-order valence-electron chi connectivity index (χ4n) is 3.86. The summed E-state index contributed by atoms with van der Waals surface area (Å²) in [7, 11) is 1.50. The molecule has 3 aromatic carbocycles. The van der Waals surface area contributed by atoms with Gasteiger partial charge >= 0.3 is 6.18 Å². The summed E-state index contributed by atoms with van der Waals surface area (Å²) in [5, 5.41) is 12.1. The van der Waals surface area contributed by atoms with Crippen molar-refractivity contribution in [2.24, 2.45) is 0 Å². The van der Waals surface area contributed by atoms with Crippen molar-refractivity contribution in [1.29, 1.82) is 0 Å². The first-order valence-electron chi connectivity index (χ1n) is 8.74. The van der Waals surface area contributed by atoms with Crippen LogP contribution in [0.15, 0.2) is 66.7 Å². The minimum Gasteiger partial charge on any atom is -0.508 e. The molecule has 148 valence electrons. The van der Waals surface area contributed by atoms with E-state index in [0.717, 1.165) is 6.07 Å². The highest BCUT2D eigenvalue weighted by Crippen LogP contribution is 2.51. The van der Waals surface area contributed by atoms with Gasteiger partial charge in [0.05, 0.1) is 18.4 Å². The van der Waals surface area contributed by atoms with Crippen LogP contribution in [0, 0.1) is 0 Å². The van der Waals surface area contributed by atoms with Crippen molar-refractivity contribution < 1.29 is 27.8 Å². The number of para-hydroxylation sites is 1. The SMILES string of the molecule is COc1ccc([C@@]2(c3ccc(O)cc3)C(=O)Nc3c(C(F)(F)F)cccc32)cc1. The Morgan fingerprint density at radius 1 is 0.931 bits per heavy atom. The molecule has 0 spiro atoms. The number of methoxy groups -OCH3 is 1. The molecule has 4 rings (SSSR count). The van der Waals surface area contributed by atoms with Gasteiger partial charge in [0.25, 0.3) is 0 Å². The average Bonchev–Trinajstić information content (AvgIpc) is 3.00. The Kier molecular flexibility index (Phi) is 4.26. The lowest BCUT2D eigenvalue weighted by Gasteiger charge is -2.29. The van der Waals surface area contributed by atoms with Gasteiger partial charge in [-0.1, -0.05) is 36.4 Å². The smallest absolute Gasteiger partial charge is 0.418 e. The molecule has 1 aliphatic rings. The van der Waals surface area contributed by atoms with E-state index in [9.17, 15) is 23.1 Å². The van der Waals surface area contributed by atoms with Crippen LogP contribution < -0.4 is 10.1 Å². The van der Waals surface area contributed by atoms with E-state index < -0.39 is 23.1 Å². The van der Waals surface area contributed by atoms with Crippen LogP contribution in [-0.2, 0) is 16.4 Å². The van der Waals surface area contributed by atoms with Crippen LogP contribution in [-0.4, -0.2) is 18.1 Å². The van der Waals surface area contributed by atoms with Gasteiger partial charge in [0.1, 0.15) is 16.9 Å². The third-order valence-electron chi connectivity index (χ3n) is 5.18. The zero-order valence-electron chi connectivity index (χ0n) is 15.2. The van der Waals surface area contributed by atoms with E-state index in [1.165, 1.54) is 43.5 Å². The first-order chi connectivity index (χ1) is 13.8. The Morgan fingerprint density at radius 3 is 2.07 bits per heavy atom. The molecule has 0 bridgehead atoms. The summed E-state index contributed by atoms with van der Waals surface area (Å²) in [6.45, 7) is 0. The summed E-state index contributed by atoms with van der Waals surface area (Å²) < 4.78 is 45.9. The van der Waals surface area contributed by atoms with Gasteiger partial charge < -0.3 is 15.2 Å². The second-order valence-corrected chi connectivity index (χ2v) is 6.71. The topological polar surface area (TPSA) is 58.6 Å². The molecule has 1 aliphatic heterocycles. The van der Waals surface area contributed by atoms with E-state index in [-0.39, 0.29) is 17.0 Å². The standard InChI is InChI=1S/C22H16F3NO3/c1-29-16-11-7-14(8-12-16)21(13-5-9-15(27)10-6-13)17-3-2-4-18(22(23,24)25)19(17)26-20(21)28/h2-12,27H,1H3,(H,26,28)/t21-/m1/s1. The lowest BCUT2D eigenvalue weighted by Crippen LogP contribution is -2.36. The summed E-state index contributed by atoms with van der Waals surface area (Å²) in [5.74, 6) is -0.0568. The number of benzene rings is 3. The van der Waals surface area contributed by atoms with Gasteiger partial charge in [-0.25, -0.2) is 0 Å². The summed E-state index contributed by atoms with van der Waals surface area (Å²) in [4.78, 5) is 13.3. The van der Waals surface area contributed by atoms with E-state index in [1.54, 1.807) is 24.3 Å². The molecule has 1 heterocycles. The van der Waals surface area contributed by atoms with E-state index in [1.807, 2.05) is 0 Å². The normalized spacial score (nSPS) is 18.3. The lowest BCUT2D eigenvalue weighted by molar-refractivity contribution is -0.136. The van der Waals surface area contributed by atoms with Crippen molar-refractivity contribution in [3.63, 3.8) is 0 Å². The maximum atomic E-state index is 13.6. The van der Waals surface area contributed by atoms with E-state index >= 15 is 0 Å². The van der Waals surface area contributed by atoms with Crippen molar-refractivity contribution in [3.8, 4) is 11.5 Å². The highest BCUT2D eigenvalue weighted by atomic mass is 19.4. The fourth-order valence-corrected chi connectivity index (χ4v) is 3.86. The van der Waals surface area contributed by atoms with E-state index in [0.29, 0.717) is 16.9 Å². The number of hydrogen-bond donors (Lipinski definition) is 2. The number of halogens is 3. The van der Waals surface area contributed by atoms with Gasteiger partial charge in [0.15, 0.2) is 0 Å². The number of carbonyl (C=O) groups is 1. The van der Waals surface area contributed by atoms with Crippen LogP contribution in [0.3, 0.4) is 0 Å². The van der Waals surface area contributed by atoms with Crippen molar-refractivity contribution >= 4 is 11.6 Å². The number of carbonyl (C=O) groups excluding carboxylic acids is 1. The number of rotatable bonds is 3. The van der Waals surface area contributed by atoms with Crippen LogP contribution in [0.25, 0.3) is 0 Å². The summed E-state index contributed by atoms with van der Waals surface area (Å²) >= 11 is 0. The molecule has 7 heteroatoms. The number of hydrogen-bond acceptors (Lipinski definition) is 3. The predicted octanol–water partition coefficient (Wildman–Crippen LogP) is 4.71. The molecule has 0 aromatic heterocycles. The molecule has 0 saturated carbocycles. The number of nitrogens with one attached hydrogen (secondary N) is 1. The molecule has 3 aromatic rings. The summed E-state index contributed by atoms with van der Waals surface area (Å²) in [6.07, 6.45) is -4.62. The number of amides is 1. The van der Waals surface area contributed by atoms with E-state index in [4.69, 9.17) is 4.74 Å². The minimum absolute atomic E-state index is 0.0127. The highest BCUT2D eigenvalue weighted by Gasteiger charge is 2.52. The van der Waals surface area contributed by atoms with Gasteiger partial charge in [0.2, 0.25) is 5.91 Å². The molecule has 0 unspecified atom stereocenters. The molecular weight excluding hydrogens is 383 g/mol. The molecule has 1 amide bonds. The third kappa shape index (κ3) is 2.81. The molecule has 0 fully saturated rings. The van der Waals surface area contributed by atoms with Crippen LogP contribution >= 0.6 is 0 Å². The second-order valence-electron chi connectivity index (χ2n) is 6.71. The average molecular weight is 399 g/mol. The predicted molar refractivity (Wildman–Crippen MR) is 101 cm³/mol. The van der Waals surface area contributed by atoms with Crippen molar-refractivity contribution in [1.82, 2.24) is 0 Å². The third-order valence-corrected chi connectivity index (χ3v) is 5.18. The number of anilines is 1. The second kappa shape index (κ2) is 6.55. The number of alkyl halides is 3.